The number of nitrogens with one attached hydrogen (secondary N) is 2. The van der Waals surface area contributed by atoms with E-state index in [1.807, 2.05) is 0 Å². The van der Waals surface area contributed by atoms with Gasteiger partial charge in [-0.3, -0.25) is 4.79 Å². The molecule has 0 aromatic heterocycles. The molecule has 0 aliphatic carbocycles. The van der Waals surface area contributed by atoms with Gasteiger partial charge in [0.2, 0.25) is 5.91 Å². The molecule has 1 aliphatic heterocycles. The van der Waals surface area contributed by atoms with Crippen molar-refractivity contribution in [2.24, 2.45) is 5.92 Å². The van der Waals surface area contributed by atoms with Gasteiger partial charge >= 0.3 is 0 Å². The Bertz CT molecular complexity index is 527. The Hall–Kier alpha value is -1.97. The summed E-state index contributed by atoms with van der Waals surface area (Å²) < 4.78 is 18.6. The van der Waals surface area contributed by atoms with E-state index in [-0.39, 0.29) is 29.1 Å². The molecule has 19 heavy (non-hydrogen) atoms. The number of carbonyl (C=O) groups excluding carboxylic acids is 1. The number of ether oxygens (including phenoxy) is 1. The first-order chi connectivity index (χ1) is 9.17. The first-order valence-corrected chi connectivity index (χ1v) is 5.92. The van der Waals surface area contributed by atoms with Gasteiger partial charge in [-0.2, -0.15) is 5.26 Å². The maximum Gasteiger partial charge on any atom is 0.231 e. The third-order valence-electron chi connectivity index (χ3n) is 3.17. The van der Waals surface area contributed by atoms with Gasteiger partial charge < -0.3 is 15.4 Å². The molecule has 1 amide bonds. The van der Waals surface area contributed by atoms with Crippen LogP contribution in [-0.2, 0) is 9.53 Å². The number of carbonyl (C=O) groups is 1. The fourth-order valence-electron chi connectivity index (χ4n) is 2.06. The highest BCUT2D eigenvalue weighted by atomic mass is 19.1. The van der Waals surface area contributed by atoms with Gasteiger partial charge in [0, 0.05) is 6.04 Å². The van der Waals surface area contributed by atoms with Gasteiger partial charge in [-0.25, -0.2) is 4.39 Å². The van der Waals surface area contributed by atoms with Crippen LogP contribution in [0.25, 0.3) is 0 Å². The van der Waals surface area contributed by atoms with Crippen LogP contribution in [0.1, 0.15) is 5.56 Å². The maximum absolute atomic E-state index is 13.4. The summed E-state index contributed by atoms with van der Waals surface area (Å²) in [6, 6.07) is 5.82. The first-order valence-electron chi connectivity index (χ1n) is 5.92. The average molecular weight is 263 g/mol. The highest BCUT2D eigenvalue weighted by molar-refractivity contribution is 5.94. The summed E-state index contributed by atoms with van der Waals surface area (Å²) in [6.45, 7) is 0.775. The van der Waals surface area contributed by atoms with Crippen molar-refractivity contribution in [3.8, 4) is 6.07 Å². The summed E-state index contributed by atoms with van der Waals surface area (Å²) in [5.41, 5.74) is 0.0324. The summed E-state index contributed by atoms with van der Waals surface area (Å²) in [5, 5.41) is 14.5. The summed E-state index contributed by atoms with van der Waals surface area (Å²) in [7, 11) is 1.75. The predicted molar refractivity (Wildman–Crippen MR) is 66.9 cm³/mol. The van der Waals surface area contributed by atoms with Crippen LogP contribution in [0.15, 0.2) is 18.2 Å². The van der Waals surface area contributed by atoms with Gasteiger partial charge in [-0.1, -0.05) is 6.07 Å². The van der Waals surface area contributed by atoms with Crippen LogP contribution >= 0.6 is 0 Å². The molecule has 1 heterocycles. The standard InChI is InChI=1S/C13H14FN3O2/c1-16-12-7-19-6-9(12)13(18)17-11-4-2-3-10(14)8(11)5-15/h2-4,9,12,16H,6-7H2,1H3,(H,17,18). The molecule has 0 radical (unpaired) electrons. The number of hydrogen-bond donors (Lipinski definition) is 2. The molecule has 2 atom stereocenters. The molecular weight excluding hydrogens is 249 g/mol. The SMILES string of the molecule is CNC1COCC1C(=O)Nc1cccc(F)c1C#N. The number of halogens is 1. The van der Waals surface area contributed by atoms with Crippen molar-refractivity contribution in [1.82, 2.24) is 5.32 Å². The van der Waals surface area contributed by atoms with Crippen molar-refractivity contribution in [3.05, 3.63) is 29.6 Å². The first kappa shape index (κ1) is 13.5. The minimum absolute atomic E-state index is 0.0703. The zero-order valence-electron chi connectivity index (χ0n) is 10.4. The van der Waals surface area contributed by atoms with E-state index in [1.165, 1.54) is 18.2 Å². The molecule has 1 aromatic carbocycles. The van der Waals surface area contributed by atoms with Crippen molar-refractivity contribution in [1.29, 1.82) is 5.26 Å². The number of nitrogens with zero attached hydrogens (tertiary/aromatic N) is 1. The van der Waals surface area contributed by atoms with Gasteiger partial charge in [-0.15, -0.1) is 0 Å². The molecule has 1 saturated heterocycles. The molecule has 2 N–H and O–H groups in total. The maximum atomic E-state index is 13.4. The number of amides is 1. The lowest BCUT2D eigenvalue weighted by atomic mass is 10.0. The highest BCUT2D eigenvalue weighted by Crippen LogP contribution is 2.21. The fourth-order valence-corrected chi connectivity index (χ4v) is 2.06. The molecule has 0 spiro atoms. The van der Waals surface area contributed by atoms with Crippen molar-refractivity contribution in [3.63, 3.8) is 0 Å². The molecule has 5 nitrogen and oxygen atoms in total. The van der Waals surface area contributed by atoms with Gasteiger partial charge in [0.15, 0.2) is 0 Å². The molecule has 1 aromatic rings. The molecule has 0 saturated carbocycles. The fraction of sp³-hybridized carbons (Fsp3) is 0.385. The Morgan fingerprint density at radius 1 is 1.53 bits per heavy atom. The van der Waals surface area contributed by atoms with Crippen LogP contribution in [0.3, 0.4) is 0 Å². The Kier molecular flexibility index (Phi) is 4.10. The van der Waals surface area contributed by atoms with Gasteiger partial charge in [-0.05, 0) is 19.2 Å². The smallest absolute Gasteiger partial charge is 0.231 e. The summed E-state index contributed by atoms with van der Waals surface area (Å²) in [4.78, 5) is 12.1. The van der Waals surface area contributed by atoms with Crippen molar-refractivity contribution in [2.75, 3.05) is 25.6 Å². The van der Waals surface area contributed by atoms with Gasteiger partial charge in [0.05, 0.1) is 24.8 Å². The molecule has 6 heteroatoms. The second-order valence-corrected chi connectivity index (χ2v) is 4.30. The number of rotatable bonds is 3. The van der Waals surface area contributed by atoms with Crippen molar-refractivity contribution >= 4 is 11.6 Å². The normalized spacial score (nSPS) is 21.9. The molecule has 0 bridgehead atoms. The molecule has 2 unspecified atom stereocenters. The predicted octanol–water partition coefficient (Wildman–Crippen LogP) is 0.870. The third kappa shape index (κ3) is 2.72. The van der Waals surface area contributed by atoms with Crippen LogP contribution in [0.4, 0.5) is 10.1 Å². The second-order valence-electron chi connectivity index (χ2n) is 4.30. The molecular formula is C13H14FN3O2. The number of anilines is 1. The minimum Gasteiger partial charge on any atom is -0.379 e. The largest absolute Gasteiger partial charge is 0.379 e. The van der Waals surface area contributed by atoms with E-state index >= 15 is 0 Å². The van der Waals surface area contributed by atoms with Crippen LogP contribution in [0.5, 0.6) is 0 Å². The van der Waals surface area contributed by atoms with Gasteiger partial charge in [0.1, 0.15) is 17.4 Å². The number of likely N-dealkylation sites (N-methyl/N-ethyl adjacent to an activating group) is 1. The van der Waals surface area contributed by atoms with Crippen LogP contribution in [0.2, 0.25) is 0 Å². The number of hydrogen-bond acceptors (Lipinski definition) is 4. The van der Waals surface area contributed by atoms with E-state index < -0.39 is 5.82 Å². The lowest BCUT2D eigenvalue weighted by Crippen LogP contribution is -2.39. The molecule has 1 aliphatic rings. The summed E-state index contributed by atoms with van der Waals surface area (Å²) >= 11 is 0. The molecule has 100 valence electrons. The number of nitriles is 1. The quantitative estimate of drug-likeness (QED) is 0.848. The van der Waals surface area contributed by atoms with E-state index in [0.717, 1.165) is 0 Å². The summed E-state index contributed by atoms with van der Waals surface area (Å²) in [5.74, 6) is -1.27. The van der Waals surface area contributed by atoms with E-state index in [2.05, 4.69) is 10.6 Å². The van der Waals surface area contributed by atoms with Gasteiger partial charge in [0.25, 0.3) is 0 Å². The Balaban J connectivity index is 2.16. The topological polar surface area (TPSA) is 74.2 Å². The lowest BCUT2D eigenvalue weighted by Gasteiger charge is -2.16. The van der Waals surface area contributed by atoms with E-state index in [1.54, 1.807) is 13.1 Å². The Labute approximate surface area is 110 Å². The zero-order valence-corrected chi connectivity index (χ0v) is 10.4. The van der Waals surface area contributed by atoms with E-state index in [4.69, 9.17) is 10.00 Å². The minimum atomic E-state index is -0.645. The van der Waals surface area contributed by atoms with Crippen LogP contribution < -0.4 is 10.6 Å². The van der Waals surface area contributed by atoms with E-state index in [0.29, 0.717) is 13.2 Å². The summed E-state index contributed by atoms with van der Waals surface area (Å²) in [6.07, 6.45) is 0. The highest BCUT2D eigenvalue weighted by Gasteiger charge is 2.33. The van der Waals surface area contributed by atoms with Crippen molar-refractivity contribution < 1.29 is 13.9 Å². The Morgan fingerprint density at radius 2 is 2.32 bits per heavy atom. The number of benzene rings is 1. The van der Waals surface area contributed by atoms with Crippen LogP contribution in [-0.4, -0.2) is 32.2 Å². The second kappa shape index (κ2) is 5.78. The Morgan fingerprint density at radius 3 is 3.00 bits per heavy atom. The molecule has 2 rings (SSSR count). The zero-order chi connectivity index (χ0) is 13.8. The third-order valence-corrected chi connectivity index (χ3v) is 3.17. The van der Waals surface area contributed by atoms with Crippen LogP contribution in [0, 0.1) is 23.1 Å². The lowest BCUT2D eigenvalue weighted by molar-refractivity contribution is -0.120. The molecule has 1 fully saturated rings. The monoisotopic (exact) mass is 263 g/mol. The van der Waals surface area contributed by atoms with E-state index in [9.17, 15) is 9.18 Å². The average Bonchev–Trinajstić information content (AvgIpc) is 2.87. The van der Waals surface area contributed by atoms with Crippen molar-refractivity contribution in [2.45, 2.75) is 6.04 Å².